The molecule has 122 valence electrons. The molecule has 2 heterocycles. The number of rotatable bonds is 3. The van der Waals surface area contributed by atoms with Gasteiger partial charge in [0.15, 0.2) is 0 Å². The van der Waals surface area contributed by atoms with Crippen molar-refractivity contribution in [3.8, 4) is 0 Å². The van der Waals surface area contributed by atoms with Gasteiger partial charge < -0.3 is 14.6 Å². The summed E-state index contributed by atoms with van der Waals surface area (Å²) >= 11 is 0. The van der Waals surface area contributed by atoms with Crippen LogP contribution in [-0.2, 0) is 7.05 Å². The van der Waals surface area contributed by atoms with Crippen LogP contribution in [0.15, 0.2) is 23.1 Å². The van der Waals surface area contributed by atoms with E-state index in [1.54, 1.807) is 24.2 Å². The third kappa shape index (κ3) is 3.58. The highest BCUT2D eigenvalue weighted by molar-refractivity contribution is 5.94. The summed E-state index contributed by atoms with van der Waals surface area (Å²) in [4.78, 5) is 26.1. The fourth-order valence-corrected chi connectivity index (χ4v) is 3.07. The van der Waals surface area contributed by atoms with Gasteiger partial charge in [0.1, 0.15) is 0 Å². The van der Waals surface area contributed by atoms with Crippen LogP contribution in [0, 0.1) is 11.8 Å². The fraction of sp³-hybridized carbons (Fsp3) is 0.647. The zero-order valence-electron chi connectivity index (χ0n) is 13.9. The Labute approximate surface area is 131 Å². The molecule has 1 aromatic heterocycles. The molecule has 5 nitrogen and oxygen atoms in total. The number of nitrogens with zero attached hydrogens (tertiary/aromatic N) is 2. The predicted molar refractivity (Wildman–Crippen MR) is 85.8 cm³/mol. The lowest BCUT2D eigenvalue weighted by atomic mass is 9.78. The highest BCUT2D eigenvalue weighted by Crippen LogP contribution is 2.32. The zero-order valence-corrected chi connectivity index (χ0v) is 13.9. The van der Waals surface area contributed by atoms with Crippen molar-refractivity contribution in [2.75, 3.05) is 13.1 Å². The van der Waals surface area contributed by atoms with E-state index in [2.05, 4.69) is 13.8 Å². The third-order valence-corrected chi connectivity index (χ3v) is 4.60. The topological polar surface area (TPSA) is 62.5 Å². The Hall–Kier alpha value is -1.62. The lowest BCUT2D eigenvalue weighted by molar-refractivity contribution is -0.0577. The zero-order chi connectivity index (χ0) is 16.5. The second-order valence-corrected chi connectivity index (χ2v) is 7.05. The van der Waals surface area contributed by atoms with Crippen molar-refractivity contribution in [1.82, 2.24) is 9.47 Å². The summed E-state index contributed by atoms with van der Waals surface area (Å²) in [5.74, 6) is 0.411. The second-order valence-electron chi connectivity index (χ2n) is 7.05. The number of likely N-dealkylation sites (tertiary alicyclic amines) is 1. The first-order chi connectivity index (χ1) is 10.2. The van der Waals surface area contributed by atoms with Crippen molar-refractivity contribution in [3.63, 3.8) is 0 Å². The van der Waals surface area contributed by atoms with Crippen LogP contribution in [0.5, 0.6) is 0 Å². The number of amides is 1. The first-order valence-corrected chi connectivity index (χ1v) is 7.89. The van der Waals surface area contributed by atoms with Crippen LogP contribution in [0.1, 0.15) is 44.0 Å². The van der Waals surface area contributed by atoms with E-state index in [1.807, 2.05) is 6.92 Å². The van der Waals surface area contributed by atoms with E-state index in [1.165, 1.54) is 10.6 Å². The molecule has 1 amide bonds. The maximum atomic E-state index is 12.6. The van der Waals surface area contributed by atoms with Gasteiger partial charge in [-0.05, 0) is 31.7 Å². The molecule has 1 aromatic rings. The Bertz CT molecular complexity index is 604. The van der Waals surface area contributed by atoms with E-state index in [-0.39, 0.29) is 17.4 Å². The van der Waals surface area contributed by atoms with Gasteiger partial charge in [-0.3, -0.25) is 9.59 Å². The predicted octanol–water partition coefficient (Wildman–Crippen LogP) is 1.64. The number of pyridine rings is 1. The Morgan fingerprint density at radius 1 is 1.50 bits per heavy atom. The SMILES string of the molecule is CC(C)C[C@@H]1CN(C(=O)c2ccn(C)c(=O)c2)CC[C@]1(C)O. The number of aromatic nitrogens is 1. The Kier molecular flexibility index (Phi) is 4.75. The van der Waals surface area contributed by atoms with Gasteiger partial charge in [-0.2, -0.15) is 0 Å². The molecule has 1 aliphatic heterocycles. The van der Waals surface area contributed by atoms with Crippen LogP contribution in [0.4, 0.5) is 0 Å². The number of aliphatic hydroxyl groups is 1. The molecule has 0 saturated carbocycles. The molecule has 1 N–H and O–H groups in total. The average molecular weight is 306 g/mol. The molecule has 0 bridgehead atoms. The second kappa shape index (κ2) is 6.24. The van der Waals surface area contributed by atoms with Crippen LogP contribution < -0.4 is 5.56 Å². The molecule has 1 fully saturated rings. The minimum Gasteiger partial charge on any atom is -0.390 e. The van der Waals surface area contributed by atoms with E-state index in [4.69, 9.17) is 0 Å². The molecule has 2 rings (SSSR count). The molecule has 0 radical (unpaired) electrons. The summed E-state index contributed by atoms with van der Waals surface area (Å²) < 4.78 is 1.44. The minimum absolute atomic E-state index is 0.0664. The summed E-state index contributed by atoms with van der Waals surface area (Å²) in [5, 5.41) is 10.5. The molecule has 1 saturated heterocycles. The van der Waals surface area contributed by atoms with Crippen molar-refractivity contribution >= 4 is 5.91 Å². The van der Waals surface area contributed by atoms with Crippen molar-refractivity contribution < 1.29 is 9.90 Å². The number of carbonyl (C=O) groups is 1. The number of hydrogen-bond donors (Lipinski definition) is 1. The summed E-state index contributed by atoms with van der Waals surface area (Å²) in [7, 11) is 1.66. The Morgan fingerprint density at radius 3 is 2.77 bits per heavy atom. The molecule has 0 spiro atoms. The lowest BCUT2D eigenvalue weighted by Crippen LogP contribution is -2.52. The highest BCUT2D eigenvalue weighted by atomic mass is 16.3. The van der Waals surface area contributed by atoms with Gasteiger partial charge in [-0.25, -0.2) is 0 Å². The molecule has 0 aliphatic carbocycles. The van der Waals surface area contributed by atoms with E-state index in [0.717, 1.165) is 6.42 Å². The molecule has 5 heteroatoms. The molecular weight excluding hydrogens is 280 g/mol. The van der Waals surface area contributed by atoms with Crippen molar-refractivity contribution in [1.29, 1.82) is 0 Å². The number of piperidine rings is 1. The molecule has 2 atom stereocenters. The Balaban J connectivity index is 2.16. The molecule has 1 aliphatic rings. The minimum atomic E-state index is -0.728. The quantitative estimate of drug-likeness (QED) is 0.923. The monoisotopic (exact) mass is 306 g/mol. The lowest BCUT2D eigenvalue weighted by Gasteiger charge is -2.43. The number of carbonyl (C=O) groups excluding carboxylic acids is 1. The van der Waals surface area contributed by atoms with Gasteiger partial charge >= 0.3 is 0 Å². The van der Waals surface area contributed by atoms with Gasteiger partial charge in [-0.15, -0.1) is 0 Å². The number of hydrogen-bond acceptors (Lipinski definition) is 3. The van der Waals surface area contributed by atoms with E-state index in [9.17, 15) is 14.7 Å². The van der Waals surface area contributed by atoms with Crippen LogP contribution in [0.2, 0.25) is 0 Å². The van der Waals surface area contributed by atoms with Crippen LogP contribution in [0.3, 0.4) is 0 Å². The molecular formula is C17H26N2O3. The van der Waals surface area contributed by atoms with Gasteiger partial charge in [0.25, 0.3) is 11.5 Å². The van der Waals surface area contributed by atoms with E-state index < -0.39 is 5.60 Å². The fourth-order valence-electron chi connectivity index (χ4n) is 3.07. The van der Waals surface area contributed by atoms with Crippen LogP contribution in [0.25, 0.3) is 0 Å². The van der Waals surface area contributed by atoms with E-state index >= 15 is 0 Å². The first-order valence-electron chi connectivity index (χ1n) is 7.89. The van der Waals surface area contributed by atoms with Crippen molar-refractivity contribution in [2.24, 2.45) is 18.9 Å². The summed E-state index contributed by atoms with van der Waals surface area (Å²) in [6, 6.07) is 3.06. The van der Waals surface area contributed by atoms with E-state index in [0.29, 0.717) is 31.0 Å². The molecule has 0 aromatic carbocycles. The average Bonchev–Trinajstić information content (AvgIpc) is 2.43. The van der Waals surface area contributed by atoms with Crippen molar-refractivity contribution in [2.45, 2.75) is 39.2 Å². The maximum absolute atomic E-state index is 12.6. The summed E-state index contributed by atoms with van der Waals surface area (Å²) in [6.45, 7) is 7.17. The molecule has 0 unspecified atom stereocenters. The first kappa shape index (κ1) is 16.7. The molecule has 22 heavy (non-hydrogen) atoms. The highest BCUT2D eigenvalue weighted by Gasteiger charge is 2.39. The van der Waals surface area contributed by atoms with Crippen LogP contribution in [-0.4, -0.2) is 39.2 Å². The van der Waals surface area contributed by atoms with Gasteiger partial charge in [0.05, 0.1) is 5.60 Å². The third-order valence-electron chi connectivity index (χ3n) is 4.60. The normalized spacial score (nSPS) is 25.5. The maximum Gasteiger partial charge on any atom is 0.254 e. The standard InChI is InChI=1S/C17H26N2O3/c1-12(2)9-14-11-19(8-6-17(14,3)22)16(21)13-5-7-18(4)15(20)10-13/h5,7,10,12,14,22H,6,8-9,11H2,1-4H3/t14-,17+/m1/s1. The van der Waals surface area contributed by atoms with Gasteiger partial charge in [0.2, 0.25) is 0 Å². The summed E-state index contributed by atoms with van der Waals surface area (Å²) in [5.41, 5.74) is -0.491. The van der Waals surface area contributed by atoms with Crippen LogP contribution >= 0.6 is 0 Å². The largest absolute Gasteiger partial charge is 0.390 e. The van der Waals surface area contributed by atoms with Crippen molar-refractivity contribution in [3.05, 3.63) is 34.2 Å². The summed E-state index contributed by atoms with van der Waals surface area (Å²) in [6.07, 6.45) is 3.07. The van der Waals surface area contributed by atoms with Gasteiger partial charge in [-0.1, -0.05) is 13.8 Å². The smallest absolute Gasteiger partial charge is 0.254 e. The Morgan fingerprint density at radius 2 is 2.18 bits per heavy atom. The van der Waals surface area contributed by atoms with Gasteiger partial charge in [0, 0.05) is 43.9 Å². The number of aryl methyl sites for hydroxylation is 1.